The number of aryl methyl sites for hydroxylation is 2. The Hall–Kier alpha value is -0.340. The van der Waals surface area contributed by atoms with Crippen molar-refractivity contribution in [1.82, 2.24) is 0 Å². The minimum atomic E-state index is 0.151. The van der Waals surface area contributed by atoms with Crippen LogP contribution in [0.1, 0.15) is 23.1 Å². The van der Waals surface area contributed by atoms with Gasteiger partial charge in [0.05, 0.1) is 6.61 Å². The van der Waals surface area contributed by atoms with E-state index in [1.54, 1.807) is 0 Å². The fraction of sp³-hybridized carbons (Fsp3) is 0.455. The van der Waals surface area contributed by atoms with Gasteiger partial charge in [-0.15, -0.1) is 0 Å². The number of benzene rings is 1. The third-order valence-electron chi connectivity index (χ3n) is 2.11. The van der Waals surface area contributed by atoms with E-state index in [2.05, 4.69) is 28.9 Å². The van der Waals surface area contributed by atoms with E-state index in [0.717, 1.165) is 23.7 Å². The molecule has 0 bridgehead atoms. The van der Waals surface area contributed by atoms with Gasteiger partial charge in [-0.05, 0) is 30.9 Å². The van der Waals surface area contributed by atoms with Crippen LogP contribution in [0.15, 0.2) is 18.2 Å². The summed E-state index contributed by atoms with van der Waals surface area (Å²) in [6.45, 7) is 2.23. The van der Waals surface area contributed by atoms with E-state index < -0.39 is 0 Å². The zero-order chi connectivity index (χ0) is 9.68. The Morgan fingerprint density at radius 1 is 1.31 bits per heavy atom. The van der Waals surface area contributed by atoms with Crippen LogP contribution in [0.25, 0.3) is 0 Å². The first-order chi connectivity index (χ1) is 6.27. The SMILES string of the molecule is Cc1ccc(CO)c(CCCBr)c1. The molecular formula is C11H15BrO. The van der Waals surface area contributed by atoms with E-state index >= 15 is 0 Å². The second-order valence-electron chi connectivity index (χ2n) is 3.22. The van der Waals surface area contributed by atoms with Crippen LogP contribution in [0.5, 0.6) is 0 Å². The maximum absolute atomic E-state index is 9.10. The third-order valence-corrected chi connectivity index (χ3v) is 2.67. The van der Waals surface area contributed by atoms with Crippen molar-refractivity contribution in [1.29, 1.82) is 0 Å². The Kier molecular flexibility index (Phi) is 4.46. The predicted molar refractivity (Wildman–Crippen MR) is 59.2 cm³/mol. The summed E-state index contributed by atoms with van der Waals surface area (Å²) in [5.74, 6) is 0. The van der Waals surface area contributed by atoms with Crippen molar-refractivity contribution in [2.45, 2.75) is 26.4 Å². The lowest BCUT2D eigenvalue weighted by molar-refractivity contribution is 0.280. The van der Waals surface area contributed by atoms with E-state index in [-0.39, 0.29) is 6.61 Å². The van der Waals surface area contributed by atoms with Crippen molar-refractivity contribution in [2.24, 2.45) is 0 Å². The van der Waals surface area contributed by atoms with Crippen molar-refractivity contribution in [3.05, 3.63) is 34.9 Å². The average molecular weight is 243 g/mol. The third kappa shape index (κ3) is 3.12. The topological polar surface area (TPSA) is 20.2 Å². The number of halogens is 1. The van der Waals surface area contributed by atoms with Crippen LogP contribution in [-0.2, 0) is 13.0 Å². The van der Waals surface area contributed by atoms with Gasteiger partial charge in [-0.1, -0.05) is 39.7 Å². The summed E-state index contributed by atoms with van der Waals surface area (Å²) in [5.41, 5.74) is 3.61. The molecule has 0 aliphatic heterocycles. The molecule has 1 N–H and O–H groups in total. The molecule has 0 radical (unpaired) electrons. The molecule has 0 heterocycles. The van der Waals surface area contributed by atoms with Crippen LogP contribution in [0.4, 0.5) is 0 Å². The van der Waals surface area contributed by atoms with Crippen molar-refractivity contribution >= 4 is 15.9 Å². The standard InChI is InChI=1S/C11H15BrO/c1-9-4-5-11(8-13)10(7-9)3-2-6-12/h4-5,7,13H,2-3,6,8H2,1H3. The van der Waals surface area contributed by atoms with Crippen molar-refractivity contribution in [2.75, 3.05) is 5.33 Å². The molecule has 1 aromatic carbocycles. The summed E-state index contributed by atoms with van der Waals surface area (Å²) in [6, 6.07) is 6.22. The van der Waals surface area contributed by atoms with Crippen molar-refractivity contribution < 1.29 is 5.11 Å². The maximum atomic E-state index is 9.10. The first kappa shape index (κ1) is 10.7. The Morgan fingerprint density at radius 3 is 2.69 bits per heavy atom. The number of aliphatic hydroxyl groups is 1. The fourth-order valence-corrected chi connectivity index (χ4v) is 1.68. The average Bonchev–Trinajstić information content (AvgIpc) is 2.15. The number of aliphatic hydroxyl groups excluding tert-OH is 1. The van der Waals surface area contributed by atoms with E-state index in [0.29, 0.717) is 0 Å². The summed E-state index contributed by atoms with van der Waals surface area (Å²) in [5, 5.41) is 10.1. The summed E-state index contributed by atoms with van der Waals surface area (Å²) in [4.78, 5) is 0. The zero-order valence-electron chi connectivity index (χ0n) is 7.89. The maximum Gasteiger partial charge on any atom is 0.0684 e. The van der Waals surface area contributed by atoms with Gasteiger partial charge >= 0.3 is 0 Å². The second-order valence-corrected chi connectivity index (χ2v) is 4.02. The quantitative estimate of drug-likeness (QED) is 0.806. The van der Waals surface area contributed by atoms with Crippen molar-refractivity contribution in [3.8, 4) is 0 Å². The molecule has 1 aromatic rings. The monoisotopic (exact) mass is 242 g/mol. The molecule has 0 spiro atoms. The normalized spacial score (nSPS) is 10.4. The molecule has 1 nitrogen and oxygen atoms in total. The molecule has 1 rings (SSSR count). The van der Waals surface area contributed by atoms with E-state index in [1.165, 1.54) is 11.1 Å². The highest BCUT2D eigenvalue weighted by molar-refractivity contribution is 9.09. The Morgan fingerprint density at radius 2 is 2.08 bits per heavy atom. The number of hydrogen-bond acceptors (Lipinski definition) is 1. The predicted octanol–water partition coefficient (Wildman–Crippen LogP) is 2.81. The molecule has 13 heavy (non-hydrogen) atoms. The highest BCUT2D eigenvalue weighted by atomic mass is 79.9. The van der Waals surface area contributed by atoms with Gasteiger partial charge in [-0.3, -0.25) is 0 Å². The Labute approximate surface area is 87.9 Å². The molecule has 0 aromatic heterocycles. The van der Waals surface area contributed by atoms with Crippen LogP contribution in [0, 0.1) is 6.92 Å². The lowest BCUT2D eigenvalue weighted by Gasteiger charge is -2.07. The minimum absolute atomic E-state index is 0.151. The largest absolute Gasteiger partial charge is 0.392 e. The van der Waals surface area contributed by atoms with Gasteiger partial charge in [0.2, 0.25) is 0 Å². The van der Waals surface area contributed by atoms with Crippen LogP contribution in [0.3, 0.4) is 0 Å². The number of hydrogen-bond donors (Lipinski definition) is 1. The smallest absolute Gasteiger partial charge is 0.0684 e. The molecule has 0 unspecified atom stereocenters. The van der Waals surface area contributed by atoms with E-state index in [4.69, 9.17) is 5.11 Å². The molecule has 0 saturated carbocycles. The molecular weight excluding hydrogens is 228 g/mol. The van der Waals surface area contributed by atoms with Gasteiger partial charge in [-0.2, -0.15) is 0 Å². The highest BCUT2D eigenvalue weighted by Gasteiger charge is 2.00. The molecule has 0 amide bonds. The Bertz CT molecular complexity index is 271. The minimum Gasteiger partial charge on any atom is -0.392 e. The summed E-state index contributed by atoms with van der Waals surface area (Å²) >= 11 is 3.41. The molecule has 0 saturated heterocycles. The molecule has 72 valence electrons. The first-order valence-corrected chi connectivity index (χ1v) is 5.65. The summed E-state index contributed by atoms with van der Waals surface area (Å²) in [7, 11) is 0. The molecule has 0 aliphatic carbocycles. The first-order valence-electron chi connectivity index (χ1n) is 4.53. The number of rotatable bonds is 4. The highest BCUT2D eigenvalue weighted by Crippen LogP contribution is 2.14. The lowest BCUT2D eigenvalue weighted by atomic mass is 10.0. The van der Waals surface area contributed by atoms with Gasteiger partial charge in [0, 0.05) is 5.33 Å². The molecule has 0 atom stereocenters. The van der Waals surface area contributed by atoms with Gasteiger partial charge in [0.25, 0.3) is 0 Å². The van der Waals surface area contributed by atoms with E-state index in [9.17, 15) is 0 Å². The Balaban J connectivity index is 2.81. The van der Waals surface area contributed by atoms with Gasteiger partial charge in [-0.25, -0.2) is 0 Å². The zero-order valence-corrected chi connectivity index (χ0v) is 9.47. The molecule has 0 aliphatic rings. The fourth-order valence-electron chi connectivity index (χ4n) is 1.40. The lowest BCUT2D eigenvalue weighted by Crippen LogP contribution is -1.95. The molecule has 0 fully saturated rings. The molecule has 2 heteroatoms. The number of alkyl halides is 1. The summed E-state index contributed by atoms with van der Waals surface area (Å²) < 4.78 is 0. The van der Waals surface area contributed by atoms with Gasteiger partial charge in [0.1, 0.15) is 0 Å². The second kappa shape index (κ2) is 5.40. The van der Waals surface area contributed by atoms with Gasteiger partial charge in [0.15, 0.2) is 0 Å². The van der Waals surface area contributed by atoms with Crippen LogP contribution in [-0.4, -0.2) is 10.4 Å². The van der Waals surface area contributed by atoms with Crippen molar-refractivity contribution in [3.63, 3.8) is 0 Å². The van der Waals surface area contributed by atoms with Crippen LogP contribution >= 0.6 is 15.9 Å². The van der Waals surface area contributed by atoms with E-state index in [1.807, 2.05) is 12.1 Å². The van der Waals surface area contributed by atoms with Crippen LogP contribution < -0.4 is 0 Å². The summed E-state index contributed by atoms with van der Waals surface area (Å²) in [6.07, 6.45) is 2.17. The van der Waals surface area contributed by atoms with Crippen LogP contribution in [0.2, 0.25) is 0 Å². The van der Waals surface area contributed by atoms with Gasteiger partial charge < -0.3 is 5.11 Å².